The number of hydrogen-bond acceptors (Lipinski definition) is 4. The van der Waals surface area contributed by atoms with Crippen molar-refractivity contribution in [1.82, 2.24) is 10.1 Å². The van der Waals surface area contributed by atoms with Gasteiger partial charge >= 0.3 is 6.18 Å². The van der Waals surface area contributed by atoms with Crippen LogP contribution >= 0.6 is 0 Å². The molecule has 0 aliphatic heterocycles. The van der Waals surface area contributed by atoms with Gasteiger partial charge in [0.05, 0.1) is 5.56 Å². The molecule has 0 aliphatic carbocycles. The van der Waals surface area contributed by atoms with Crippen LogP contribution in [0.3, 0.4) is 0 Å². The molecule has 2 N–H and O–H groups in total. The van der Waals surface area contributed by atoms with Crippen molar-refractivity contribution in [2.75, 3.05) is 0 Å². The monoisotopic (exact) mass is 257 g/mol. The summed E-state index contributed by atoms with van der Waals surface area (Å²) in [6, 6.07) is 3.87. The smallest absolute Gasteiger partial charge is 0.337 e. The third-order valence-corrected chi connectivity index (χ3v) is 2.38. The molecule has 2 aromatic rings. The molecule has 1 aromatic heterocycles. The predicted octanol–water partition coefficient (Wildman–Crippen LogP) is 2.44. The van der Waals surface area contributed by atoms with Gasteiger partial charge in [-0.2, -0.15) is 18.2 Å². The minimum absolute atomic E-state index is 0.0897. The molecule has 0 amide bonds. The maximum absolute atomic E-state index is 12.5. The number of halogens is 3. The van der Waals surface area contributed by atoms with E-state index in [4.69, 9.17) is 10.3 Å². The van der Waals surface area contributed by atoms with E-state index in [0.29, 0.717) is 5.82 Å². The Hall–Kier alpha value is -1.89. The van der Waals surface area contributed by atoms with Crippen molar-refractivity contribution in [3.05, 3.63) is 47.1 Å². The zero-order valence-electron chi connectivity index (χ0n) is 9.40. The zero-order valence-corrected chi connectivity index (χ0v) is 9.40. The highest BCUT2D eigenvalue weighted by molar-refractivity contribution is 5.30. The average Bonchev–Trinajstić information content (AvgIpc) is 2.74. The summed E-state index contributed by atoms with van der Waals surface area (Å²) in [6.07, 6.45) is -4.40. The fourth-order valence-electron chi connectivity index (χ4n) is 1.49. The molecule has 0 fully saturated rings. The van der Waals surface area contributed by atoms with Crippen LogP contribution in [0.25, 0.3) is 0 Å². The van der Waals surface area contributed by atoms with Crippen molar-refractivity contribution in [3.63, 3.8) is 0 Å². The summed E-state index contributed by atoms with van der Waals surface area (Å²) in [5, 5.41) is 3.55. The van der Waals surface area contributed by atoms with Crippen LogP contribution in [0.5, 0.6) is 0 Å². The Morgan fingerprint density at radius 3 is 2.61 bits per heavy atom. The Bertz CT molecular complexity index is 550. The van der Waals surface area contributed by atoms with Gasteiger partial charge in [0, 0.05) is 0 Å². The number of aryl methyl sites for hydroxylation is 1. The summed E-state index contributed by atoms with van der Waals surface area (Å²) < 4.78 is 42.5. The van der Waals surface area contributed by atoms with E-state index in [1.54, 1.807) is 6.92 Å². The van der Waals surface area contributed by atoms with E-state index in [0.717, 1.165) is 12.1 Å². The van der Waals surface area contributed by atoms with Gasteiger partial charge in [0.1, 0.15) is 6.04 Å². The van der Waals surface area contributed by atoms with Crippen LogP contribution in [0.4, 0.5) is 13.2 Å². The summed E-state index contributed by atoms with van der Waals surface area (Å²) in [5.41, 5.74) is 5.29. The number of alkyl halides is 3. The van der Waals surface area contributed by atoms with Crippen molar-refractivity contribution in [3.8, 4) is 0 Å². The Kier molecular flexibility index (Phi) is 3.08. The van der Waals surface area contributed by atoms with Crippen molar-refractivity contribution >= 4 is 0 Å². The second kappa shape index (κ2) is 4.41. The molecule has 2 rings (SSSR count). The summed E-state index contributed by atoms with van der Waals surface area (Å²) >= 11 is 0. The van der Waals surface area contributed by atoms with Crippen molar-refractivity contribution < 1.29 is 17.7 Å². The number of benzene rings is 1. The van der Waals surface area contributed by atoms with E-state index in [2.05, 4.69) is 10.1 Å². The SMILES string of the molecule is Cc1noc(C(N)c2cccc(C(F)(F)F)c2)n1. The van der Waals surface area contributed by atoms with Crippen LogP contribution in [-0.4, -0.2) is 10.1 Å². The van der Waals surface area contributed by atoms with Crippen LogP contribution in [-0.2, 0) is 6.18 Å². The first kappa shape index (κ1) is 12.6. The lowest BCUT2D eigenvalue weighted by molar-refractivity contribution is -0.137. The Morgan fingerprint density at radius 1 is 1.33 bits per heavy atom. The fourth-order valence-corrected chi connectivity index (χ4v) is 1.49. The Morgan fingerprint density at radius 2 is 2.06 bits per heavy atom. The van der Waals surface area contributed by atoms with Crippen LogP contribution < -0.4 is 5.73 Å². The van der Waals surface area contributed by atoms with Gasteiger partial charge in [-0.05, 0) is 24.6 Å². The predicted molar refractivity (Wildman–Crippen MR) is 56.5 cm³/mol. The van der Waals surface area contributed by atoms with Crippen molar-refractivity contribution in [2.45, 2.75) is 19.1 Å². The highest BCUT2D eigenvalue weighted by Crippen LogP contribution is 2.31. The van der Waals surface area contributed by atoms with Gasteiger partial charge in [0.15, 0.2) is 5.82 Å². The number of aromatic nitrogens is 2. The van der Waals surface area contributed by atoms with Gasteiger partial charge in [0.25, 0.3) is 0 Å². The van der Waals surface area contributed by atoms with Gasteiger partial charge in [0.2, 0.25) is 5.89 Å². The van der Waals surface area contributed by atoms with Gasteiger partial charge in [-0.15, -0.1) is 0 Å². The summed E-state index contributed by atoms with van der Waals surface area (Å²) in [7, 11) is 0. The lowest BCUT2D eigenvalue weighted by atomic mass is 10.0. The second-order valence-corrected chi connectivity index (χ2v) is 3.78. The first-order valence-corrected chi connectivity index (χ1v) is 5.11. The number of nitrogens with zero attached hydrogens (tertiary/aromatic N) is 2. The van der Waals surface area contributed by atoms with Gasteiger partial charge in [-0.3, -0.25) is 0 Å². The summed E-state index contributed by atoms with van der Waals surface area (Å²) in [5.74, 6) is 0.472. The molecular weight excluding hydrogens is 247 g/mol. The molecule has 0 spiro atoms. The highest BCUT2D eigenvalue weighted by Gasteiger charge is 2.31. The molecule has 18 heavy (non-hydrogen) atoms. The quantitative estimate of drug-likeness (QED) is 0.897. The molecule has 1 atom stereocenters. The minimum atomic E-state index is -4.40. The molecule has 1 aromatic carbocycles. The molecule has 4 nitrogen and oxygen atoms in total. The molecule has 96 valence electrons. The van der Waals surface area contributed by atoms with Gasteiger partial charge in [-0.1, -0.05) is 17.3 Å². The minimum Gasteiger partial charge on any atom is -0.337 e. The van der Waals surface area contributed by atoms with Crippen molar-refractivity contribution in [1.29, 1.82) is 0 Å². The zero-order chi connectivity index (χ0) is 13.3. The van der Waals surface area contributed by atoms with Gasteiger partial charge in [-0.25, -0.2) is 0 Å². The number of hydrogen-bond donors (Lipinski definition) is 1. The van der Waals surface area contributed by atoms with Crippen LogP contribution in [0.15, 0.2) is 28.8 Å². The van der Waals surface area contributed by atoms with E-state index < -0.39 is 17.8 Å². The molecule has 0 radical (unpaired) electrons. The topological polar surface area (TPSA) is 64.9 Å². The Balaban J connectivity index is 2.34. The molecule has 0 saturated heterocycles. The molecule has 0 aliphatic rings. The average molecular weight is 257 g/mol. The third-order valence-electron chi connectivity index (χ3n) is 2.38. The van der Waals surface area contributed by atoms with E-state index in [9.17, 15) is 13.2 Å². The maximum atomic E-state index is 12.5. The van der Waals surface area contributed by atoms with Crippen molar-refractivity contribution in [2.24, 2.45) is 5.73 Å². The first-order valence-electron chi connectivity index (χ1n) is 5.11. The van der Waals surface area contributed by atoms with Crippen LogP contribution in [0.1, 0.15) is 28.9 Å². The maximum Gasteiger partial charge on any atom is 0.416 e. The third kappa shape index (κ3) is 2.51. The van der Waals surface area contributed by atoms with E-state index >= 15 is 0 Å². The normalized spacial score (nSPS) is 13.6. The second-order valence-electron chi connectivity index (χ2n) is 3.78. The molecule has 0 saturated carbocycles. The standard InChI is InChI=1S/C11H10F3N3O/c1-6-16-10(18-17-6)9(15)7-3-2-4-8(5-7)11(12,13)14/h2-5,9H,15H2,1H3. The molecule has 0 bridgehead atoms. The van der Waals surface area contributed by atoms with Crippen LogP contribution in [0.2, 0.25) is 0 Å². The highest BCUT2D eigenvalue weighted by atomic mass is 19.4. The van der Waals surface area contributed by atoms with E-state index in [1.807, 2.05) is 0 Å². The van der Waals surface area contributed by atoms with E-state index in [-0.39, 0.29) is 11.5 Å². The summed E-state index contributed by atoms with van der Waals surface area (Å²) in [6.45, 7) is 1.60. The molecule has 1 heterocycles. The van der Waals surface area contributed by atoms with E-state index in [1.165, 1.54) is 12.1 Å². The molecule has 1 unspecified atom stereocenters. The Labute approximate surface area is 101 Å². The number of nitrogens with two attached hydrogens (primary N) is 1. The lowest BCUT2D eigenvalue weighted by Gasteiger charge is -2.11. The fraction of sp³-hybridized carbons (Fsp3) is 0.273. The molecular formula is C11H10F3N3O. The molecule has 7 heteroatoms. The first-order chi connectivity index (χ1) is 8.38. The lowest BCUT2D eigenvalue weighted by Crippen LogP contribution is -2.14. The number of rotatable bonds is 2. The summed E-state index contributed by atoms with van der Waals surface area (Å²) in [4.78, 5) is 3.89. The van der Waals surface area contributed by atoms with Gasteiger partial charge < -0.3 is 10.3 Å². The van der Waals surface area contributed by atoms with Crippen LogP contribution in [0, 0.1) is 6.92 Å². The largest absolute Gasteiger partial charge is 0.416 e.